The van der Waals surface area contributed by atoms with Crippen LogP contribution in [-0.2, 0) is 19.6 Å². The topological polar surface area (TPSA) is 138 Å². The van der Waals surface area contributed by atoms with Crippen molar-refractivity contribution in [3.05, 3.63) is 35.8 Å². The molecule has 34 heavy (non-hydrogen) atoms. The van der Waals surface area contributed by atoms with Gasteiger partial charge in [-0.1, -0.05) is 20.8 Å². The second-order valence-corrected chi connectivity index (χ2v) is 12.4. The fourth-order valence-corrected chi connectivity index (χ4v) is 6.95. The zero-order valence-corrected chi connectivity index (χ0v) is 20.8. The van der Waals surface area contributed by atoms with Crippen LogP contribution in [0.15, 0.2) is 40.7 Å². The van der Waals surface area contributed by atoms with Gasteiger partial charge in [0.25, 0.3) is 15.9 Å². The molecule has 1 saturated carbocycles. The molecule has 2 heterocycles. The summed E-state index contributed by atoms with van der Waals surface area (Å²) in [6.45, 7) is 5.80. The SMILES string of the molecule is C[C@H]1CC(C)(C)C[C@]2(C1)NC(=O)N(CC(=O)Nc1ccc(S(=O)(=O)Nc3nccs3)cc1)C2=O. The molecule has 0 unspecified atom stereocenters. The Balaban J connectivity index is 1.40. The van der Waals surface area contributed by atoms with Crippen LogP contribution in [0.1, 0.15) is 40.0 Å². The molecule has 1 aromatic carbocycles. The van der Waals surface area contributed by atoms with Crippen molar-refractivity contribution in [1.29, 1.82) is 0 Å². The summed E-state index contributed by atoms with van der Waals surface area (Å²) in [6.07, 6.45) is 3.52. The number of anilines is 2. The molecule has 2 fully saturated rings. The average molecular weight is 506 g/mol. The summed E-state index contributed by atoms with van der Waals surface area (Å²) in [5.41, 5.74) is -0.735. The number of carbonyl (C=O) groups is 3. The number of carbonyl (C=O) groups excluding carboxylic acids is 3. The van der Waals surface area contributed by atoms with Crippen LogP contribution in [0.5, 0.6) is 0 Å². The van der Waals surface area contributed by atoms with Gasteiger partial charge in [0.05, 0.1) is 4.90 Å². The average Bonchev–Trinajstić information content (AvgIpc) is 3.29. The third-order valence-corrected chi connectivity index (χ3v) is 8.20. The van der Waals surface area contributed by atoms with E-state index in [-0.39, 0.29) is 27.3 Å². The first-order valence-corrected chi connectivity index (χ1v) is 13.2. The first-order chi connectivity index (χ1) is 15.9. The van der Waals surface area contributed by atoms with Gasteiger partial charge in [-0.3, -0.25) is 19.2 Å². The lowest BCUT2D eigenvalue weighted by Gasteiger charge is -2.43. The predicted molar refractivity (Wildman–Crippen MR) is 128 cm³/mol. The summed E-state index contributed by atoms with van der Waals surface area (Å²) in [5, 5.41) is 7.36. The minimum absolute atomic E-state index is 0.00534. The molecule has 1 aromatic heterocycles. The molecule has 1 aliphatic heterocycles. The standard InChI is InChI=1S/C22H27N5O5S2/c1-14-10-21(2,3)13-22(11-14)18(29)27(20(30)25-22)12-17(28)24-15-4-6-16(7-5-15)34(31,32)26-19-23-8-9-33-19/h4-9,14H,10-13H2,1-3H3,(H,23,26)(H,24,28)(H,25,30)/t14-,22-/m0/s1. The maximum atomic E-state index is 13.2. The fraction of sp³-hybridized carbons (Fsp3) is 0.455. The molecule has 1 spiro atoms. The third-order valence-electron chi connectivity index (χ3n) is 6.03. The Morgan fingerprint density at radius 3 is 2.56 bits per heavy atom. The normalized spacial score (nSPS) is 24.2. The van der Waals surface area contributed by atoms with Gasteiger partial charge in [0.1, 0.15) is 12.1 Å². The van der Waals surface area contributed by atoms with E-state index in [0.29, 0.717) is 18.5 Å². The molecule has 4 amide bonds. The lowest BCUT2D eigenvalue weighted by atomic mass is 9.64. The van der Waals surface area contributed by atoms with Crippen LogP contribution in [0, 0.1) is 11.3 Å². The maximum Gasteiger partial charge on any atom is 0.325 e. The zero-order chi connectivity index (χ0) is 24.7. The molecule has 1 aliphatic carbocycles. The number of benzene rings is 1. The summed E-state index contributed by atoms with van der Waals surface area (Å²) in [6, 6.07) is 5.00. The molecule has 3 N–H and O–H groups in total. The van der Waals surface area contributed by atoms with Crippen LogP contribution in [0.25, 0.3) is 0 Å². The predicted octanol–water partition coefficient (Wildman–Crippen LogP) is 3.02. The molecule has 2 atom stereocenters. The van der Waals surface area contributed by atoms with E-state index < -0.39 is 34.0 Å². The van der Waals surface area contributed by atoms with Gasteiger partial charge < -0.3 is 10.6 Å². The molecular formula is C22H27N5O5S2. The van der Waals surface area contributed by atoms with Gasteiger partial charge in [-0.2, -0.15) is 0 Å². The van der Waals surface area contributed by atoms with Crippen molar-refractivity contribution in [2.75, 3.05) is 16.6 Å². The zero-order valence-electron chi connectivity index (χ0n) is 19.1. The van der Waals surface area contributed by atoms with Gasteiger partial charge >= 0.3 is 6.03 Å². The van der Waals surface area contributed by atoms with Gasteiger partial charge in [-0.25, -0.2) is 18.2 Å². The highest BCUT2D eigenvalue weighted by Gasteiger charge is 2.56. The van der Waals surface area contributed by atoms with E-state index in [9.17, 15) is 22.8 Å². The van der Waals surface area contributed by atoms with Gasteiger partial charge in [0, 0.05) is 17.3 Å². The maximum absolute atomic E-state index is 13.2. The van der Waals surface area contributed by atoms with Crippen molar-refractivity contribution in [1.82, 2.24) is 15.2 Å². The van der Waals surface area contributed by atoms with Crippen molar-refractivity contribution < 1.29 is 22.8 Å². The highest BCUT2D eigenvalue weighted by atomic mass is 32.2. The number of imide groups is 1. The lowest BCUT2D eigenvalue weighted by Crippen LogP contribution is -2.54. The number of hydrogen-bond acceptors (Lipinski definition) is 7. The third kappa shape index (κ3) is 4.92. The molecule has 10 nitrogen and oxygen atoms in total. The summed E-state index contributed by atoms with van der Waals surface area (Å²) >= 11 is 1.16. The molecule has 1 saturated heterocycles. The molecule has 182 valence electrons. The Morgan fingerprint density at radius 2 is 1.94 bits per heavy atom. The van der Waals surface area contributed by atoms with Crippen molar-refractivity contribution in [2.24, 2.45) is 11.3 Å². The number of rotatable bonds is 6. The number of nitrogens with one attached hydrogen (secondary N) is 3. The smallest absolute Gasteiger partial charge is 0.325 e. The number of aromatic nitrogens is 1. The quantitative estimate of drug-likeness (QED) is 0.516. The van der Waals surface area contributed by atoms with E-state index in [1.54, 1.807) is 5.38 Å². The van der Waals surface area contributed by atoms with Gasteiger partial charge in [-0.05, 0) is 54.9 Å². The largest absolute Gasteiger partial charge is 0.325 e. The van der Waals surface area contributed by atoms with E-state index in [2.05, 4.69) is 41.1 Å². The Morgan fingerprint density at radius 1 is 1.24 bits per heavy atom. The monoisotopic (exact) mass is 505 g/mol. The first-order valence-electron chi connectivity index (χ1n) is 10.9. The molecule has 2 aromatic rings. The van der Waals surface area contributed by atoms with Crippen molar-refractivity contribution in [3.8, 4) is 0 Å². The van der Waals surface area contributed by atoms with Crippen LogP contribution in [0.4, 0.5) is 15.6 Å². The number of urea groups is 1. The number of thiazole rings is 1. The second-order valence-electron chi connectivity index (χ2n) is 9.77. The highest BCUT2D eigenvalue weighted by Crippen LogP contribution is 2.46. The van der Waals surface area contributed by atoms with Crippen LogP contribution >= 0.6 is 11.3 Å². The van der Waals surface area contributed by atoms with Crippen LogP contribution in [0.3, 0.4) is 0 Å². The molecular weight excluding hydrogens is 478 g/mol. The summed E-state index contributed by atoms with van der Waals surface area (Å²) < 4.78 is 27.2. The summed E-state index contributed by atoms with van der Waals surface area (Å²) in [5.74, 6) is -0.663. The van der Waals surface area contributed by atoms with E-state index >= 15 is 0 Å². The van der Waals surface area contributed by atoms with Gasteiger partial charge in [0.2, 0.25) is 5.91 Å². The Bertz CT molecular complexity index is 1210. The molecule has 0 radical (unpaired) electrons. The second kappa shape index (κ2) is 8.66. The van der Waals surface area contributed by atoms with E-state index in [1.807, 2.05) is 0 Å². The fourth-order valence-electron chi connectivity index (χ4n) is 5.16. The van der Waals surface area contributed by atoms with Crippen molar-refractivity contribution >= 4 is 50.0 Å². The van der Waals surface area contributed by atoms with Gasteiger partial charge in [0.15, 0.2) is 5.13 Å². The Hall–Kier alpha value is -2.99. The minimum atomic E-state index is -3.81. The molecule has 0 bridgehead atoms. The summed E-state index contributed by atoms with van der Waals surface area (Å²) in [7, 11) is -3.81. The first kappa shape index (κ1) is 24.1. The number of nitrogens with zero attached hydrogens (tertiary/aromatic N) is 2. The van der Waals surface area contributed by atoms with Crippen molar-refractivity contribution in [2.45, 2.75) is 50.5 Å². The highest BCUT2D eigenvalue weighted by molar-refractivity contribution is 7.93. The van der Waals surface area contributed by atoms with Gasteiger partial charge in [-0.15, -0.1) is 11.3 Å². The number of amides is 4. The van der Waals surface area contributed by atoms with Crippen LogP contribution < -0.4 is 15.4 Å². The van der Waals surface area contributed by atoms with Crippen molar-refractivity contribution in [3.63, 3.8) is 0 Å². The Kier molecular flexibility index (Phi) is 6.15. The molecule has 12 heteroatoms. The lowest BCUT2D eigenvalue weighted by molar-refractivity contribution is -0.136. The van der Waals surface area contributed by atoms with E-state index in [4.69, 9.17) is 0 Å². The molecule has 4 rings (SSSR count). The summed E-state index contributed by atoms with van der Waals surface area (Å²) in [4.78, 5) is 43.2. The molecule has 2 aliphatic rings. The van der Waals surface area contributed by atoms with E-state index in [1.165, 1.54) is 30.5 Å². The van der Waals surface area contributed by atoms with E-state index in [0.717, 1.165) is 22.7 Å². The van der Waals surface area contributed by atoms with Crippen LogP contribution in [0.2, 0.25) is 0 Å². The number of sulfonamides is 1. The minimum Gasteiger partial charge on any atom is -0.325 e. The van der Waals surface area contributed by atoms with Crippen LogP contribution in [-0.4, -0.2) is 48.2 Å². The number of hydrogen-bond donors (Lipinski definition) is 3. The Labute approximate surface area is 202 Å².